The summed E-state index contributed by atoms with van der Waals surface area (Å²) in [6, 6.07) is 21.4. The highest BCUT2D eigenvalue weighted by Crippen LogP contribution is 2.34. The Morgan fingerprint density at radius 1 is 0.702 bits per heavy atom. The number of anilines is 1. The highest BCUT2D eigenvalue weighted by atomic mass is 79.9. The quantitative estimate of drug-likeness (QED) is 0.156. The average molecular weight is 866 g/mol. The molecule has 2 aromatic carbocycles. The predicted molar refractivity (Wildman–Crippen MR) is 234 cm³/mol. The first kappa shape index (κ1) is 39.5. The molecule has 4 aromatic heterocycles. The Morgan fingerprint density at radius 2 is 1.32 bits per heavy atom. The van der Waals surface area contributed by atoms with Crippen molar-refractivity contribution in [3.8, 4) is 0 Å². The van der Waals surface area contributed by atoms with Crippen molar-refractivity contribution in [3.63, 3.8) is 0 Å². The number of carbonyl (C=O) groups excluding carboxylic acids is 2. The lowest BCUT2D eigenvalue weighted by molar-refractivity contribution is -0.133. The van der Waals surface area contributed by atoms with E-state index in [1.807, 2.05) is 41.6 Å². The second kappa shape index (κ2) is 19.0. The number of benzene rings is 2. The first-order valence-electron chi connectivity index (χ1n) is 20.2. The number of thiazole rings is 2. The van der Waals surface area contributed by atoms with Gasteiger partial charge in [-0.2, -0.15) is 0 Å². The molecule has 4 fully saturated rings. The van der Waals surface area contributed by atoms with Gasteiger partial charge in [0.15, 0.2) is 0 Å². The van der Waals surface area contributed by atoms with Gasteiger partial charge in [0.1, 0.15) is 0 Å². The Kier molecular flexibility index (Phi) is 13.2. The molecule has 1 N–H and O–H groups in total. The molecule has 0 aliphatic carbocycles. The summed E-state index contributed by atoms with van der Waals surface area (Å²) < 4.78 is 3.63. The molecule has 4 aliphatic heterocycles. The van der Waals surface area contributed by atoms with Gasteiger partial charge in [0.25, 0.3) is 0 Å². The molecule has 6 aromatic rings. The molecule has 0 saturated carbocycles. The van der Waals surface area contributed by atoms with Crippen LogP contribution in [0.3, 0.4) is 0 Å². The van der Waals surface area contributed by atoms with Crippen LogP contribution in [0.1, 0.15) is 49.7 Å². The van der Waals surface area contributed by atoms with Crippen LogP contribution in [0.4, 0.5) is 5.69 Å². The monoisotopic (exact) mass is 864 g/mol. The zero-order chi connectivity index (χ0) is 39.0. The van der Waals surface area contributed by atoms with E-state index < -0.39 is 0 Å². The van der Waals surface area contributed by atoms with Crippen molar-refractivity contribution in [2.24, 2.45) is 11.8 Å². The van der Waals surface area contributed by atoms with Gasteiger partial charge >= 0.3 is 0 Å². The summed E-state index contributed by atoms with van der Waals surface area (Å²) in [5.74, 6) is 1.18. The molecule has 0 radical (unpaired) electrons. The smallest absolute Gasteiger partial charge is 0.226 e. The predicted octanol–water partition coefficient (Wildman–Crippen LogP) is 8.03. The fourth-order valence-corrected chi connectivity index (χ4v) is 10.8. The van der Waals surface area contributed by atoms with Gasteiger partial charge in [0, 0.05) is 80.2 Å². The van der Waals surface area contributed by atoms with Crippen LogP contribution in [0.25, 0.3) is 20.4 Å². The third-order valence-electron chi connectivity index (χ3n) is 11.7. The van der Waals surface area contributed by atoms with Gasteiger partial charge in [-0.3, -0.25) is 19.6 Å². The van der Waals surface area contributed by atoms with Gasteiger partial charge in [0.2, 0.25) is 11.8 Å². The second-order valence-corrected chi connectivity index (χ2v) is 17.9. The number of aromatic nitrogens is 4. The van der Waals surface area contributed by atoms with Crippen molar-refractivity contribution in [2.75, 3.05) is 44.2 Å². The van der Waals surface area contributed by atoms with E-state index in [-0.39, 0.29) is 11.8 Å². The van der Waals surface area contributed by atoms with Crippen LogP contribution in [0, 0.1) is 11.8 Å². The third kappa shape index (κ3) is 9.54. The van der Waals surface area contributed by atoms with Crippen LogP contribution in [-0.2, 0) is 22.4 Å². The van der Waals surface area contributed by atoms with Crippen molar-refractivity contribution in [1.82, 2.24) is 35.1 Å². The van der Waals surface area contributed by atoms with Crippen molar-refractivity contribution in [3.05, 3.63) is 112 Å². The number of nitrogens with one attached hydrogen (secondary N) is 1. The molecular weight excluding hydrogens is 817 g/mol. The molecule has 10 nitrogen and oxygen atoms in total. The van der Waals surface area contributed by atoms with Crippen molar-refractivity contribution in [2.45, 2.75) is 63.5 Å². The van der Waals surface area contributed by atoms with Crippen LogP contribution >= 0.6 is 38.6 Å². The van der Waals surface area contributed by atoms with Crippen LogP contribution in [0.2, 0.25) is 0 Å². The molecule has 0 unspecified atom stereocenters. The fourth-order valence-electron chi connectivity index (χ4n) is 8.90. The summed E-state index contributed by atoms with van der Waals surface area (Å²) in [5.41, 5.74) is 9.93. The number of hydrogen-bond donors (Lipinski definition) is 1. The Labute approximate surface area is 350 Å². The van der Waals surface area contributed by atoms with Crippen molar-refractivity contribution >= 4 is 76.5 Å². The van der Waals surface area contributed by atoms with E-state index in [9.17, 15) is 9.59 Å². The molecule has 4 aliphatic rings. The van der Waals surface area contributed by atoms with E-state index in [0.717, 1.165) is 112 Å². The Hall–Kier alpha value is -4.30. The first-order chi connectivity index (χ1) is 28.0. The molecule has 10 rings (SSSR count). The minimum atomic E-state index is 0.180. The number of rotatable bonds is 9. The van der Waals surface area contributed by atoms with Crippen LogP contribution in [0.5, 0.6) is 0 Å². The van der Waals surface area contributed by atoms with Gasteiger partial charge in [-0.1, -0.05) is 24.3 Å². The Bertz CT molecular complexity index is 2240. The number of amides is 2. The summed E-state index contributed by atoms with van der Waals surface area (Å²) in [6.45, 7) is 5.46. The lowest BCUT2D eigenvalue weighted by Gasteiger charge is -2.38. The molecule has 0 bridgehead atoms. The third-order valence-corrected chi connectivity index (χ3v) is 14.0. The highest BCUT2D eigenvalue weighted by Gasteiger charge is 2.42. The van der Waals surface area contributed by atoms with E-state index in [0.29, 0.717) is 23.9 Å². The molecule has 13 heteroatoms. The largest absolute Gasteiger partial charge is 0.366 e. The van der Waals surface area contributed by atoms with Gasteiger partial charge < -0.3 is 20.0 Å². The number of halogens is 1. The SMILES string of the molecule is Brc1cccnc1.O=C1[C@@H](CCCc2cccc3ncsc23)C[C@H]2CN(c3cccnc3)CCN12.O=C1[C@@H](CCCc2cccc3ncsc23)C[C@H]2CNCCN12. The molecule has 0 spiro atoms. The second-order valence-electron chi connectivity index (χ2n) is 15.3. The van der Waals surface area contributed by atoms with Crippen LogP contribution in [0.15, 0.2) is 101 Å². The zero-order valence-electron chi connectivity index (χ0n) is 32.1. The maximum atomic E-state index is 12.9. The topological polar surface area (TPSA) is 107 Å². The number of piperazine rings is 2. The number of fused-ring (bicyclic) bond motifs is 4. The summed E-state index contributed by atoms with van der Waals surface area (Å²) in [4.78, 5) is 48.8. The maximum absolute atomic E-state index is 12.9. The van der Waals surface area contributed by atoms with E-state index >= 15 is 0 Å². The molecule has 4 saturated heterocycles. The zero-order valence-corrected chi connectivity index (χ0v) is 35.3. The van der Waals surface area contributed by atoms with E-state index in [2.05, 4.69) is 98.3 Å². The lowest BCUT2D eigenvalue weighted by Crippen LogP contribution is -2.51. The van der Waals surface area contributed by atoms with Crippen LogP contribution < -0.4 is 10.2 Å². The van der Waals surface area contributed by atoms with E-state index in [1.165, 1.54) is 20.5 Å². The standard InChI is InChI=1S/C22H24N4OS.C17H21N3OS.C5H4BrN/c27-22-17(6-1-4-16-5-2-8-20-21(16)28-15-24-20)12-19-14-25(10-11-26(19)22)18-7-3-9-23-13-18;21-17-13(9-14-10-18-7-8-20(14)17)5-1-3-12-4-2-6-15-16(12)22-11-19-15;6-5-2-1-3-7-4-5/h2-3,5,7-9,13,15,17,19H,1,4,6,10-12,14H2;2,4,6,11,13-14,18H,1,3,5,7-10H2;1-4H/t17-,19-;13-,14-;/m00./s1. The number of pyridine rings is 2. The summed E-state index contributed by atoms with van der Waals surface area (Å²) in [5, 5.41) is 3.40. The summed E-state index contributed by atoms with van der Waals surface area (Å²) in [6.07, 6.45) is 15.5. The maximum Gasteiger partial charge on any atom is 0.226 e. The van der Waals surface area contributed by atoms with Gasteiger partial charge in [-0.25, -0.2) is 9.97 Å². The number of hydrogen-bond acceptors (Lipinski definition) is 10. The molecule has 4 atom stereocenters. The summed E-state index contributed by atoms with van der Waals surface area (Å²) in [7, 11) is 0. The van der Waals surface area contributed by atoms with Crippen molar-refractivity contribution in [1.29, 1.82) is 0 Å². The lowest BCUT2D eigenvalue weighted by atomic mass is 9.96. The normalized spacial score (nSPS) is 21.5. The number of nitrogens with zero attached hydrogens (tertiary/aromatic N) is 7. The van der Waals surface area contributed by atoms with E-state index in [4.69, 9.17) is 0 Å². The minimum absolute atomic E-state index is 0.180. The van der Waals surface area contributed by atoms with Crippen LogP contribution in [-0.4, -0.2) is 92.9 Å². The minimum Gasteiger partial charge on any atom is -0.366 e. The Morgan fingerprint density at radius 3 is 1.88 bits per heavy atom. The number of carbonyl (C=O) groups is 2. The summed E-state index contributed by atoms with van der Waals surface area (Å²) >= 11 is 6.68. The molecular formula is C44H49BrN8O2S2. The van der Waals surface area contributed by atoms with Crippen molar-refractivity contribution < 1.29 is 9.59 Å². The van der Waals surface area contributed by atoms with E-state index in [1.54, 1.807) is 35.1 Å². The average Bonchev–Trinajstić information content (AvgIpc) is 4.06. The highest BCUT2D eigenvalue weighted by molar-refractivity contribution is 9.10. The molecule has 296 valence electrons. The molecule has 8 heterocycles. The molecule has 2 amide bonds. The Balaban J connectivity index is 0.000000139. The van der Waals surface area contributed by atoms with Gasteiger partial charge in [-0.15, -0.1) is 22.7 Å². The molecule has 57 heavy (non-hydrogen) atoms. The number of aryl methyl sites for hydroxylation is 2. The van der Waals surface area contributed by atoms with Gasteiger partial charge in [0.05, 0.1) is 49.4 Å². The fraction of sp³-hybridized carbons (Fsp3) is 0.409. The van der Waals surface area contributed by atoms with Gasteiger partial charge in [-0.05, 0) is 115 Å². The first-order valence-corrected chi connectivity index (χ1v) is 22.7.